The molecule has 0 N–H and O–H groups in total. The third-order valence-corrected chi connectivity index (χ3v) is 25.5. The van der Waals surface area contributed by atoms with E-state index in [1.165, 1.54) is 61.3 Å². The van der Waals surface area contributed by atoms with Gasteiger partial charge < -0.3 is 49.0 Å². The highest BCUT2D eigenvalue weighted by Crippen LogP contribution is 2.38. The average molecular weight is 1780 g/mol. The van der Waals surface area contributed by atoms with Gasteiger partial charge in [0.25, 0.3) is 23.6 Å². The van der Waals surface area contributed by atoms with Gasteiger partial charge in [-0.15, -0.1) is 0 Å². The molecule has 125 heavy (non-hydrogen) atoms. The molecule has 0 aromatic heterocycles. The molecule has 5 heterocycles. The van der Waals surface area contributed by atoms with Gasteiger partial charge in [0, 0.05) is 239 Å². The van der Waals surface area contributed by atoms with E-state index in [2.05, 4.69) is 128 Å². The standard InChI is InChI=1S/C22H21ClN2O.C21H18Cl2N2O.C21H18ClFN2O.C21H19ClN2O.C18H19ClN2O/c1-16-5-7-17(8-6-16)22(26)25-13-11-24(12-14-25)21-4-2-3-18-15-19(23)9-10-20(18)21;22-17-5-1-4-16(14-17)21(26)25-11-9-24(10-12-25)20-6-2-3-15-13-18(23)7-8-19(15)20;22-16-8-9-17-15(14-16)4-3-7-20(17)24-10-12-25(13-11-24)21(26)18-5-1-2-6-19(18)23;22-18-9-10-19-17(15-18)7-4-8-20(19)23-11-13-24(14-12-23)21(25)16-5-2-1-3-6-16;19-15-6-7-16-14(12-15)2-1-3-17(16)20-8-10-21(11-9-20)18(22)13-4-5-13/h2-10,15H,11-14H2,1H3;1-8,13-14H,9-12H2;1-9,14H,10-13H2;1-10,15H,11-14H2;1-3,6-7,12-13H,4-5,8-11H2. The molecule has 1 saturated carbocycles. The number of rotatable bonds is 10. The third-order valence-electron chi connectivity index (χ3n) is 24.1. The Morgan fingerprint density at radius 1 is 0.256 bits per heavy atom. The first kappa shape index (κ1) is 86.9. The number of amides is 5. The lowest BCUT2D eigenvalue weighted by molar-refractivity contribution is -0.132. The molecule has 14 aromatic carbocycles. The number of carbonyl (C=O) groups is 5. The van der Waals surface area contributed by atoms with Crippen LogP contribution in [-0.2, 0) is 4.79 Å². The second-order valence-electron chi connectivity index (χ2n) is 32.1. The van der Waals surface area contributed by atoms with Crippen LogP contribution < -0.4 is 24.5 Å². The van der Waals surface area contributed by atoms with Crippen molar-refractivity contribution in [3.63, 3.8) is 0 Å². The first-order valence-electron chi connectivity index (χ1n) is 42.6. The smallest absolute Gasteiger partial charge is 0.256 e. The fraction of sp³-hybridized carbons (Fsp3) is 0.233. The van der Waals surface area contributed by atoms with Gasteiger partial charge in [0.2, 0.25) is 5.91 Å². The van der Waals surface area contributed by atoms with Crippen LogP contribution in [0.15, 0.2) is 285 Å². The Morgan fingerprint density at radius 3 is 0.848 bits per heavy atom. The minimum atomic E-state index is -0.467. The summed E-state index contributed by atoms with van der Waals surface area (Å²) in [5.74, 6) is 0.255. The molecular weight excluding hydrogens is 1690 g/mol. The summed E-state index contributed by atoms with van der Waals surface area (Å²) in [6.45, 7) is 17.3. The molecule has 22 heteroatoms. The highest BCUT2D eigenvalue weighted by atomic mass is 35.5. The van der Waals surface area contributed by atoms with Crippen molar-refractivity contribution in [1.82, 2.24) is 24.5 Å². The van der Waals surface area contributed by atoms with Crippen LogP contribution in [0.5, 0.6) is 0 Å². The molecule has 0 bridgehead atoms. The second kappa shape index (κ2) is 40.1. The largest absolute Gasteiger partial charge is 0.367 e. The second-order valence-corrected chi connectivity index (χ2v) is 34.8. The van der Waals surface area contributed by atoms with E-state index in [1.807, 2.05) is 172 Å². The van der Waals surface area contributed by atoms with Crippen LogP contribution >= 0.6 is 69.6 Å². The molecule has 0 unspecified atom stereocenters. The van der Waals surface area contributed by atoms with Gasteiger partial charge in [0.1, 0.15) is 5.82 Å². The van der Waals surface area contributed by atoms with E-state index in [1.54, 1.807) is 35.2 Å². The van der Waals surface area contributed by atoms with E-state index in [-0.39, 0.29) is 29.2 Å². The van der Waals surface area contributed by atoms with Crippen molar-refractivity contribution >= 4 is 181 Å². The van der Waals surface area contributed by atoms with Crippen molar-refractivity contribution in [3.05, 3.63) is 349 Å². The number of benzene rings is 14. The lowest BCUT2D eigenvalue weighted by Gasteiger charge is -2.36. The van der Waals surface area contributed by atoms with Gasteiger partial charge in [0.05, 0.1) is 5.56 Å². The molecule has 6 aliphatic rings. The van der Waals surface area contributed by atoms with Gasteiger partial charge in [-0.1, -0.05) is 215 Å². The molecule has 15 nitrogen and oxygen atoms in total. The first-order chi connectivity index (χ1) is 60.8. The number of carbonyl (C=O) groups excluding carboxylic acids is 5. The van der Waals surface area contributed by atoms with Gasteiger partial charge in [0.15, 0.2) is 0 Å². The van der Waals surface area contributed by atoms with Gasteiger partial charge in [-0.05, 0) is 192 Å². The van der Waals surface area contributed by atoms with Crippen molar-refractivity contribution in [3.8, 4) is 0 Å². The van der Waals surface area contributed by atoms with Crippen LogP contribution in [0.25, 0.3) is 53.9 Å². The van der Waals surface area contributed by atoms with E-state index < -0.39 is 5.82 Å². The lowest BCUT2D eigenvalue weighted by Crippen LogP contribution is -2.49. The van der Waals surface area contributed by atoms with Crippen molar-refractivity contribution in [1.29, 1.82) is 0 Å². The summed E-state index contributed by atoms with van der Waals surface area (Å²) >= 11 is 36.5. The fourth-order valence-electron chi connectivity index (χ4n) is 17.2. The Balaban J connectivity index is 0.000000115. The number of hydrogen-bond acceptors (Lipinski definition) is 10. The number of nitrogens with zero attached hydrogens (tertiary/aromatic N) is 10. The quantitative estimate of drug-likeness (QED) is 0.131. The van der Waals surface area contributed by atoms with E-state index in [4.69, 9.17) is 69.6 Å². The number of anilines is 5. The number of aryl methyl sites for hydroxylation is 1. The predicted octanol–water partition coefficient (Wildman–Crippen LogP) is 22.5. The topological polar surface area (TPSA) is 118 Å². The number of hydrogen-bond donors (Lipinski definition) is 0. The molecule has 5 amide bonds. The zero-order valence-electron chi connectivity index (χ0n) is 69.4. The molecule has 0 atom stereocenters. The van der Waals surface area contributed by atoms with Crippen LogP contribution in [-0.4, -0.2) is 185 Å². The summed E-state index contributed by atoms with van der Waals surface area (Å²) in [4.78, 5) is 83.9. The van der Waals surface area contributed by atoms with E-state index in [9.17, 15) is 28.4 Å². The van der Waals surface area contributed by atoms with E-state index in [0.717, 1.165) is 173 Å². The third kappa shape index (κ3) is 21.0. The molecule has 1 aliphatic carbocycles. The molecule has 0 spiro atoms. The Labute approximate surface area is 758 Å². The van der Waals surface area contributed by atoms with Crippen LogP contribution in [0.1, 0.15) is 59.8 Å². The molecule has 0 radical (unpaired) electrons. The Bertz CT molecular complexity index is 6250. The SMILES string of the molecule is Cc1ccc(C(=O)N2CCN(c3cccc4cc(Cl)ccc34)CC2)cc1.O=C(C1CC1)N1CCN(c2cccc3cc(Cl)ccc23)CC1.O=C(c1cccc(Cl)c1)N1CCN(c2cccc3cc(Cl)ccc23)CC1.O=C(c1ccccc1)N1CCN(c2cccc3cc(Cl)ccc23)CC1.O=C(c1ccccc1F)N1CCN(c2cccc3cc(Cl)ccc23)CC1. The fourth-order valence-corrected chi connectivity index (χ4v) is 18.3. The summed E-state index contributed by atoms with van der Waals surface area (Å²) < 4.78 is 13.9. The van der Waals surface area contributed by atoms with E-state index >= 15 is 0 Å². The minimum absolute atomic E-state index is 0.0388. The number of fused-ring (bicyclic) bond motifs is 5. The van der Waals surface area contributed by atoms with Gasteiger partial charge >= 0.3 is 0 Å². The summed E-state index contributed by atoms with van der Waals surface area (Å²) in [7, 11) is 0. The first-order valence-corrected chi connectivity index (χ1v) is 44.8. The summed E-state index contributed by atoms with van der Waals surface area (Å²) in [6, 6.07) is 91.8. The van der Waals surface area contributed by atoms with Crippen LogP contribution in [0, 0.1) is 18.7 Å². The molecular formula is C103H95Cl6FN10O5. The summed E-state index contributed by atoms with van der Waals surface area (Å²) in [5, 5.41) is 16.0. The normalized spacial score (nSPS) is 15.4. The maximum absolute atomic E-state index is 13.9. The molecule has 5 aliphatic heterocycles. The lowest BCUT2D eigenvalue weighted by atomic mass is 10.1. The molecule has 636 valence electrons. The average Bonchev–Trinajstić information content (AvgIpc) is 1.78. The van der Waals surface area contributed by atoms with Crippen LogP contribution in [0.3, 0.4) is 0 Å². The Kier molecular flexibility index (Phi) is 27.9. The molecule has 14 aromatic rings. The monoisotopic (exact) mass is 1780 g/mol. The summed E-state index contributed by atoms with van der Waals surface area (Å²) in [5.41, 5.74) is 9.47. The molecule has 5 saturated heterocycles. The van der Waals surface area contributed by atoms with Gasteiger partial charge in [-0.3, -0.25) is 24.0 Å². The van der Waals surface area contributed by atoms with Gasteiger partial charge in [-0.25, -0.2) is 4.39 Å². The van der Waals surface area contributed by atoms with Crippen molar-refractivity contribution in [2.24, 2.45) is 5.92 Å². The van der Waals surface area contributed by atoms with Crippen molar-refractivity contribution < 1.29 is 28.4 Å². The van der Waals surface area contributed by atoms with E-state index in [0.29, 0.717) is 61.7 Å². The van der Waals surface area contributed by atoms with Crippen molar-refractivity contribution in [2.45, 2.75) is 19.8 Å². The maximum atomic E-state index is 13.9. The maximum Gasteiger partial charge on any atom is 0.256 e. The van der Waals surface area contributed by atoms with Crippen molar-refractivity contribution in [2.75, 3.05) is 155 Å². The minimum Gasteiger partial charge on any atom is -0.367 e. The zero-order valence-corrected chi connectivity index (χ0v) is 74.0. The summed E-state index contributed by atoms with van der Waals surface area (Å²) in [6.07, 6.45) is 2.17. The predicted molar refractivity (Wildman–Crippen MR) is 514 cm³/mol. The highest BCUT2D eigenvalue weighted by molar-refractivity contribution is 6.33. The van der Waals surface area contributed by atoms with Crippen LogP contribution in [0.2, 0.25) is 30.1 Å². The van der Waals surface area contributed by atoms with Gasteiger partial charge in [-0.2, -0.15) is 0 Å². The number of halogens is 7. The number of piperazine rings is 5. The Hall–Kier alpha value is -11.6. The van der Waals surface area contributed by atoms with Crippen LogP contribution in [0.4, 0.5) is 32.8 Å². The Morgan fingerprint density at radius 2 is 0.528 bits per heavy atom. The molecule has 20 rings (SSSR count). The molecule has 6 fully saturated rings. The highest BCUT2D eigenvalue weighted by Gasteiger charge is 2.35. The zero-order chi connectivity index (χ0) is 86.6.